The molecule has 1 atom stereocenters. The molecule has 1 aliphatic heterocycles. The third kappa shape index (κ3) is 3.11. The molecule has 1 unspecified atom stereocenters. The minimum Gasteiger partial charge on any atom is -0.399 e. The van der Waals surface area contributed by atoms with E-state index < -0.39 is 0 Å². The van der Waals surface area contributed by atoms with E-state index >= 15 is 0 Å². The van der Waals surface area contributed by atoms with Crippen LogP contribution < -0.4 is 10.6 Å². The average Bonchev–Trinajstić information content (AvgIpc) is 2.70. The summed E-state index contributed by atoms with van der Waals surface area (Å²) in [5.74, 6) is -0.193. The zero-order valence-corrected chi connectivity index (χ0v) is 14.2. The highest BCUT2D eigenvalue weighted by atomic mass is 35.5. The molecule has 0 bridgehead atoms. The molecule has 0 fully saturated rings. The van der Waals surface area contributed by atoms with Gasteiger partial charge in [-0.1, -0.05) is 29.8 Å². The number of amides is 1. The predicted molar refractivity (Wildman–Crippen MR) is 96.3 cm³/mol. The van der Waals surface area contributed by atoms with E-state index in [1.807, 2.05) is 31.3 Å². The summed E-state index contributed by atoms with van der Waals surface area (Å²) in [6.07, 6.45) is 0. The Morgan fingerprint density at radius 2 is 2.08 bits per heavy atom. The highest BCUT2D eigenvalue weighted by Crippen LogP contribution is 2.30. The second kappa shape index (κ2) is 6.81. The van der Waals surface area contributed by atoms with Crippen molar-refractivity contribution in [1.29, 1.82) is 0 Å². The molecule has 1 aliphatic rings. The molecule has 5 nitrogen and oxygen atoms in total. The molecule has 126 valence electrons. The van der Waals surface area contributed by atoms with E-state index in [4.69, 9.17) is 17.3 Å². The maximum Gasteiger partial charge on any atom is 0.259 e. The summed E-state index contributed by atoms with van der Waals surface area (Å²) in [6, 6.07) is 12.5. The summed E-state index contributed by atoms with van der Waals surface area (Å²) in [5, 5.41) is 10.0. The highest BCUT2D eigenvalue weighted by Gasteiger charge is 2.30. The van der Waals surface area contributed by atoms with Gasteiger partial charge in [-0.25, -0.2) is 0 Å². The van der Waals surface area contributed by atoms with Crippen LogP contribution >= 0.6 is 11.6 Å². The SMILES string of the molecule is CN1Cc2ccccc2N(C(=O)c2ccc(N)cc2Cl)CC1CO. The number of benzene rings is 2. The van der Waals surface area contributed by atoms with Crippen LogP contribution in [0.1, 0.15) is 15.9 Å². The standard InChI is InChI=1S/C18H20ClN3O2/c1-21-9-12-4-2-3-5-17(12)22(10-14(21)11-23)18(24)15-7-6-13(20)8-16(15)19/h2-8,14,23H,9-11,20H2,1H3. The van der Waals surface area contributed by atoms with Gasteiger partial charge in [0.2, 0.25) is 0 Å². The molecule has 2 aromatic rings. The number of hydrogen-bond acceptors (Lipinski definition) is 4. The Balaban J connectivity index is 2.05. The second-order valence-electron chi connectivity index (χ2n) is 6.04. The molecule has 1 amide bonds. The van der Waals surface area contributed by atoms with Gasteiger partial charge in [0, 0.05) is 24.5 Å². The fraction of sp³-hybridized carbons (Fsp3) is 0.278. The monoisotopic (exact) mass is 345 g/mol. The molecule has 6 heteroatoms. The topological polar surface area (TPSA) is 69.8 Å². The van der Waals surface area contributed by atoms with Crippen LogP contribution in [0.15, 0.2) is 42.5 Å². The Kier molecular flexibility index (Phi) is 4.76. The number of nitrogens with zero attached hydrogens (tertiary/aromatic N) is 2. The number of para-hydroxylation sites is 1. The first-order valence-electron chi connectivity index (χ1n) is 7.77. The number of aliphatic hydroxyl groups is 1. The third-order valence-electron chi connectivity index (χ3n) is 4.40. The van der Waals surface area contributed by atoms with E-state index in [0.29, 0.717) is 29.4 Å². The molecular weight excluding hydrogens is 326 g/mol. The molecule has 24 heavy (non-hydrogen) atoms. The zero-order valence-electron chi connectivity index (χ0n) is 13.4. The minimum atomic E-state index is -0.193. The minimum absolute atomic E-state index is 0.0241. The highest BCUT2D eigenvalue weighted by molar-refractivity contribution is 6.34. The Hall–Kier alpha value is -2.08. The number of carbonyl (C=O) groups is 1. The fourth-order valence-corrected chi connectivity index (χ4v) is 3.26. The summed E-state index contributed by atoms with van der Waals surface area (Å²) in [7, 11) is 1.95. The Bertz CT molecular complexity index is 766. The molecule has 3 N–H and O–H groups in total. The third-order valence-corrected chi connectivity index (χ3v) is 4.71. The quantitative estimate of drug-likeness (QED) is 0.820. The summed E-state index contributed by atoms with van der Waals surface area (Å²) in [4.78, 5) is 16.9. The Morgan fingerprint density at radius 1 is 1.33 bits per heavy atom. The van der Waals surface area contributed by atoms with Gasteiger partial charge in [-0.05, 0) is 36.9 Å². The van der Waals surface area contributed by atoms with Crippen LogP contribution in [-0.2, 0) is 6.54 Å². The van der Waals surface area contributed by atoms with Gasteiger partial charge in [-0.2, -0.15) is 0 Å². The van der Waals surface area contributed by atoms with Gasteiger partial charge in [0.25, 0.3) is 5.91 Å². The summed E-state index contributed by atoms with van der Waals surface area (Å²) in [5.41, 5.74) is 8.52. The van der Waals surface area contributed by atoms with Gasteiger partial charge in [0.05, 0.1) is 23.2 Å². The van der Waals surface area contributed by atoms with Crippen molar-refractivity contribution in [3.8, 4) is 0 Å². The normalized spacial score (nSPS) is 18.1. The molecule has 0 aliphatic carbocycles. The molecule has 1 heterocycles. The largest absolute Gasteiger partial charge is 0.399 e. The fourth-order valence-electron chi connectivity index (χ4n) is 2.99. The first kappa shape index (κ1) is 16.8. The van der Waals surface area contributed by atoms with Crippen LogP contribution in [0.25, 0.3) is 0 Å². The van der Waals surface area contributed by atoms with E-state index in [1.54, 1.807) is 23.1 Å². The lowest BCUT2D eigenvalue weighted by Crippen LogP contribution is -2.44. The van der Waals surface area contributed by atoms with Crippen LogP contribution in [0.3, 0.4) is 0 Å². The number of carbonyl (C=O) groups excluding carboxylic acids is 1. The lowest BCUT2D eigenvalue weighted by Gasteiger charge is -2.28. The van der Waals surface area contributed by atoms with Crippen LogP contribution in [0.4, 0.5) is 11.4 Å². The van der Waals surface area contributed by atoms with Crippen molar-refractivity contribution in [2.24, 2.45) is 0 Å². The number of nitrogen functional groups attached to an aromatic ring is 1. The molecule has 0 radical (unpaired) electrons. The number of nitrogens with two attached hydrogens (primary N) is 1. The summed E-state index contributed by atoms with van der Waals surface area (Å²) in [6.45, 7) is 1.04. The number of likely N-dealkylation sites (N-methyl/N-ethyl adjacent to an activating group) is 1. The second-order valence-corrected chi connectivity index (χ2v) is 6.44. The van der Waals surface area contributed by atoms with Crippen molar-refractivity contribution in [3.05, 3.63) is 58.6 Å². The lowest BCUT2D eigenvalue weighted by atomic mass is 10.1. The number of hydrogen-bond donors (Lipinski definition) is 2. The van der Waals surface area contributed by atoms with E-state index in [1.165, 1.54) is 0 Å². The van der Waals surface area contributed by atoms with E-state index in [2.05, 4.69) is 4.90 Å². The van der Waals surface area contributed by atoms with Crippen molar-refractivity contribution in [2.75, 3.05) is 30.8 Å². The van der Waals surface area contributed by atoms with Crippen molar-refractivity contribution < 1.29 is 9.90 Å². The predicted octanol–water partition coefficient (Wildman–Crippen LogP) is 2.38. The molecule has 0 saturated carbocycles. The molecule has 0 aromatic heterocycles. The molecule has 2 aromatic carbocycles. The van der Waals surface area contributed by atoms with Crippen molar-refractivity contribution in [3.63, 3.8) is 0 Å². The number of anilines is 2. The van der Waals surface area contributed by atoms with Gasteiger partial charge >= 0.3 is 0 Å². The molecule has 0 saturated heterocycles. The van der Waals surface area contributed by atoms with Gasteiger partial charge in [-0.3, -0.25) is 9.69 Å². The van der Waals surface area contributed by atoms with Gasteiger partial charge < -0.3 is 15.7 Å². The van der Waals surface area contributed by atoms with Crippen LogP contribution in [0.5, 0.6) is 0 Å². The molecule has 3 rings (SSSR count). The maximum atomic E-state index is 13.1. The first-order chi connectivity index (χ1) is 11.5. The summed E-state index contributed by atoms with van der Waals surface area (Å²) < 4.78 is 0. The van der Waals surface area contributed by atoms with Gasteiger partial charge in [-0.15, -0.1) is 0 Å². The Morgan fingerprint density at radius 3 is 2.79 bits per heavy atom. The average molecular weight is 346 g/mol. The van der Waals surface area contributed by atoms with Crippen molar-refractivity contribution >= 4 is 28.9 Å². The van der Waals surface area contributed by atoms with E-state index in [0.717, 1.165) is 11.3 Å². The smallest absolute Gasteiger partial charge is 0.259 e. The zero-order chi connectivity index (χ0) is 17.3. The van der Waals surface area contributed by atoms with Gasteiger partial charge in [0.1, 0.15) is 0 Å². The van der Waals surface area contributed by atoms with Crippen LogP contribution in [-0.4, -0.2) is 42.2 Å². The van der Waals surface area contributed by atoms with Crippen molar-refractivity contribution in [2.45, 2.75) is 12.6 Å². The Labute approximate surface area is 146 Å². The van der Waals surface area contributed by atoms with Crippen molar-refractivity contribution in [1.82, 2.24) is 4.90 Å². The van der Waals surface area contributed by atoms with E-state index in [9.17, 15) is 9.90 Å². The number of rotatable bonds is 2. The van der Waals surface area contributed by atoms with Crippen LogP contribution in [0.2, 0.25) is 5.02 Å². The molecular formula is C18H20ClN3O2. The molecule has 0 spiro atoms. The lowest BCUT2D eigenvalue weighted by molar-refractivity contribution is 0.0967. The van der Waals surface area contributed by atoms with Gasteiger partial charge in [0.15, 0.2) is 0 Å². The maximum absolute atomic E-state index is 13.1. The number of aliphatic hydroxyl groups excluding tert-OH is 1. The van der Waals surface area contributed by atoms with Crippen LogP contribution in [0, 0.1) is 0 Å². The summed E-state index contributed by atoms with van der Waals surface area (Å²) >= 11 is 6.22. The number of fused-ring (bicyclic) bond motifs is 1. The number of halogens is 1. The first-order valence-corrected chi connectivity index (χ1v) is 8.15. The van der Waals surface area contributed by atoms with E-state index in [-0.39, 0.29) is 18.6 Å².